The first kappa shape index (κ1) is 39.0. The minimum absolute atomic E-state index is 0.0956. The topological polar surface area (TPSA) is 0 Å². The Balaban J connectivity index is 1.42. The second-order valence-corrected chi connectivity index (χ2v) is 29.5. The van der Waals surface area contributed by atoms with E-state index in [-0.39, 0.29) is 5.41 Å². The lowest BCUT2D eigenvalue weighted by atomic mass is 9.83. The Morgan fingerprint density at radius 3 is 1.15 bits per heavy atom. The van der Waals surface area contributed by atoms with Crippen LogP contribution in [0.15, 0.2) is 158 Å². The molecule has 0 N–H and O–H groups in total. The Morgan fingerprint density at radius 1 is 0.364 bits per heavy atom. The number of halogens is 1. The maximum absolute atomic E-state index is 2.42. The van der Waals surface area contributed by atoms with Crippen LogP contribution in [0.1, 0.15) is 26.3 Å². The van der Waals surface area contributed by atoms with Crippen molar-refractivity contribution < 1.29 is 0 Å². The SMILES string of the molecule is CC(C)(C)c1ccc(-c2cc(-c3ccc(I)cc3)c(-c3ccc(-c4cccc([Si](C)(C)C)c4)cc3)c(-c3ccc(-c4cccc([Si](C)(C)C)c4)cc3)c2)cc1. The molecule has 0 atom stereocenters. The molecule has 7 aromatic rings. The van der Waals surface area contributed by atoms with Gasteiger partial charge >= 0.3 is 0 Å². The van der Waals surface area contributed by atoms with Gasteiger partial charge in [0.05, 0.1) is 16.1 Å². The van der Waals surface area contributed by atoms with Gasteiger partial charge in [0, 0.05) is 3.57 Å². The molecule has 0 aliphatic heterocycles. The van der Waals surface area contributed by atoms with E-state index < -0.39 is 16.1 Å². The average molecular weight is 861 g/mol. The van der Waals surface area contributed by atoms with Crippen molar-refractivity contribution in [3.05, 3.63) is 167 Å². The van der Waals surface area contributed by atoms with Gasteiger partial charge in [0.15, 0.2) is 0 Å². The molecule has 0 aliphatic rings. The van der Waals surface area contributed by atoms with Gasteiger partial charge in [0.1, 0.15) is 0 Å². The van der Waals surface area contributed by atoms with E-state index in [0.717, 1.165) is 0 Å². The minimum Gasteiger partial charge on any atom is -0.0656 e. The Bertz CT molecular complexity index is 2440. The molecule has 7 aromatic carbocycles. The molecule has 0 fully saturated rings. The van der Waals surface area contributed by atoms with E-state index in [1.54, 1.807) is 0 Å². The van der Waals surface area contributed by atoms with Crippen molar-refractivity contribution in [2.75, 3.05) is 0 Å². The summed E-state index contributed by atoms with van der Waals surface area (Å²) in [6.45, 7) is 21.4. The molecule has 7 rings (SSSR count). The number of hydrogen-bond acceptors (Lipinski definition) is 0. The second-order valence-electron chi connectivity index (χ2n) is 18.1. The van der Waals surface area contributed by atoms with Gasteiger partial charge in [-0.25, -0.2) is 0 Å². The quantitative estimate of drug-likeness (QED) is 0.105. The van der Waals surface area contributed by atoms with E-state index in [2.05, 4.69) is 240 Å². The smallest absolute Gasteiger partial charge is 0.0656 e. The summed E-state index contributed by atoms with van der Waals surface area (Å²) in [7, 11) is -2.87. The average Bonchev–Trinajstić information content (AvgIpc) is 3.17. The molecule has 0 unspecified atom stereocenters. The van der Waals surface area contributed by atoms with Crippen molar-refractivity contribution in [1.29, 1.82) is 0 Å². The molecule has 0 radical (unpaired) electrons. The Kier molecular flexibility index (Phi) is 10.9. The highest BCUT2D eigenvalue weighted by atomic mass is 127. The van der Waals surface area contributed by atoms with Crippen LogP contribution in [-0.4, -0.2) is 16.1 Å². The summed E-state index contributed by atoms with van der Waals surface area (Å²) in [5, 5.41) is 2.97. The van der Waals surface area contributed by atoms with Crippen LogP contribution in [0.5, 0.6) is 0 Å². The van der Waals surface area contributed by atoms with Crippen LogP contribution < -0.4 is 10.4 Å². The first-order valence-electron chi connectivity index (χ1n) is 19.5. The van der Waals surface area contributed by atoms with Gasteiger partial charge in [-0.05, 0) is 125 Å². The summed E-state index contributed by atoms with van der Waals surface area (Å²) >= 11 is 2.41. The zero-order valence-electron chi connectivity index (χ0n) is 33.9. The second kappa shape index (κ2) is 15.3. The zero-order valence-corrected chi connectivity index (χ0v) is 38.0. The fourth-order valence-corrected chi connectivity index (χ4v) is 10.1. The summed E-state index contributed by atoms with van der Waals surface area (Å²) in [6.07, 6.45) is 0. The van der Waals surface area contributed by atoms with E-state index in [0.29, 0.717) is 0 Å². The first-order valence-corrected chi connectivity index (χ1v) is 27.6. The van der Waals surface area contributed by atoms with Gasteiger partial charge < -0.3 is 0 Å². The summed E-state index contributed by atoms with van der Waals surface area (Å²) in [6, 6.07) is 60.0. The van der Waals surface area contributed by atoms with E-state index in [9.17, 15) is 0 Å². The highest BCUT2D eigenvalue weighted by Gasteiger charge is 2.21. The lowest BCUT2D eigenvalue weighted by molar-refractivity contribution is 0.590. The third-order valence-corrected chi connectivity index (χ3v) is 15.7. The maximum Gasteiger partial charge on any atom is 0.0776 e. The van der Waals surface area contributed by atoms with Gasteiger partial charge in [-0.15, -0.1) is 0 Å². The fraction of sp³-hybridized carbons (Fsp3) is 0.192. The van der Waals surface area contributed by atoms with Crippen molar-refractivity contribution in [2.45, 2.75) is 65.5 Å². The molecule has 0 spiro atoms. The largest absolute Gasteiger partial charge is 0.0776 e. The molecule has 0 bridgehead atoms. The minimum atomic E-state index is -1.44. The highest BCUT2D eigenvalue weighted by molar-refractivity contribution is 14.1. The molecule has 0 saturated heterocycles. The molecular formula is C52H53ISi2. The van der Waals surface area contributed by atoms with Crippen molar-refractivity contribution in [2.24, 2.45) is 0 Å². The van der Waals surface area contributed by atoms with Crippen LogP contribution in [0.2, 0.25) is 39.3 Å². The molecule has 0 amide bonds. The Labute approximate surface area is 345 Å². The monoisotopic (exact) mass is 860 g/mol. The maximum atomic E-state index is 2.42. The summed E-state index contributed by atoms with van der Waals surface area (Å²) in [5.74, 6) is 0. The van der Waals surface area contributed by atoms with Crippen LogP contribution in [-0.2, 0) is 5.41 Å². The van der Waals surface area contributed by atoms with Crippen molar-refractivity contribution >= 4 is 49.1 Å². The molecular weight excluding hydrogens is 808 g/mol. The summed E-state index contributed by atoms with van der Waals surface area (Å²) < 4.78 is 1.23. The highest BCUT2D eigenvalue weighted by Crippen LogP contribution is 2.44. The van der Waals surface area contributed by atoms with Gasteiger partial charge in [-0.3, -0.25) is 0 Å². The molecule has 276 valence electrons. The fourth-order valence-electron chi connectivity index (χ4n) is 7.37. The summed E-state index contributed by atoms with van der Waals surface area (Å²) in [5.41, 5.74) is 16.3. The number of benzene rings is 7. The lowest BCUT2D eigenvalue weighted by Crippen LogP contribution is -2.37. The molecule has 0 aliphatic carbocycles. The van der Waals surface area contributed by atoms with Crippen LogP contribution in [0, 0.1) is 3.57 Å². The summed E-state index contributed by atoms with van der Waals surface area (Å²) in [4.78, 5) is 0. The van der Waals surface area contributed by atoms with Crippen LogP contribution in [0.3, 0.4) is 0 Å². The van der Waals surface area contributed by atoms with Gasteiger partial charge in [0.25, 0.3) is 0 Å². The lowest BCUT2D eigenvalue weighted by Gasteiger charge is -2.21. The Morgan fingerprint density at radius 2 is 0.727 bits per heavy atom. The molecule has 0 saturated carbocycles. The van der Waals surface area contributed by atoms with E-state index in [1.165, 1.54) is 86.3 Å². The van der Waals surface area contributed by atoms with Crippen molar-refractivity contribution in [3.63, 3.8) is 0 Å². The van der Waals surface area contributed by atoms with Gasteiger partial charge in [-0.1, -0.05) is 204 Å². The third-order valence-electron chi connectivity index (χ3n) is 10.9. The van der Waals surface area contributed by atoms with Crippen LogP contribution in [0.4, 0.5) is 0 Å². The van der Waals surface area contributed by atoms with Crippen LogP contribution >= 0.6 is 22.6 Å². The van der Waals surface area contributed by atoms with Gasteiger partial charge in [-0.2, -0.15) is 0 Å². The molecule has 55 heavy (non-hydrogen) atoms. The number of hydrogen-bond donors (Lipinski definition) is 0. The number of rotatable bonds is 8. The zero-order chi connectivity index (χ0) is 39.1. The van der Waals surface area contributed by atoms with Crippen molar-refractivity contribution in [1.82, 2.24) is 0 Å². The van der Waals surface area contributed by atoms with Crippen molar-refractivity contribution in [3.8, 4) is 66.8 Å². The van der Waals surface area contributed by atoms with E-state index >= 15 is 0 Å². The van der Waals surface area contributed by atoms with Gasteiger partial charge in [0.2, 0.25) is 0 Å². The van der Waals surface area contributed by atoms with Crippen LogP contribution in [0.25, 0.3) is 66.8 Å². The first-order chi connectivity index (χ1) is 26.0. The normalized spacial score (nSPS) is 12.2. The third kappa shape index (κ3) is 8.75. The Hall–Kier alpha value is -4.30. The predicted octanol–water partition coefficient (Wildman–Crippen LogP) is 14.7. The molecule has 0 nitrogen and oxygen atoms in total. The predicted molar refractivity (Wildman–Crippen MR) is 256 cm³/mol. The molecule has 0 aromatic heterocycles. The molecule has 3 heteroatoms. The standard InChI is InChI=1S/C52H53ISi2/c1-52(2,3)45-28-24-38(25-29-45)44-34-49(39-20-16-36(17-21-39)42-12-10-14-47(32-42)54(4,5)6)51(50(35-44)40-26-30-46(53)31-27-40)41-22-18-37(19-23-41)43-13-11-15-48(33-43)55(7,8)9/h10-35H,1-9H3. The van der Waals surface area contributed by atoms with E-state index in [4.69, 9.17) is 0 Å². The van der Waals surface area contributed by atoms with E-state index in [1.807, 2.05) is 0 Å². The molecule has 0 heterocycles.